The van der Waals surface area contributed by atoms with E-state index in [1.807, 2.05) is 6.92 Å². The number of amidine groups is 1. The predicted molar refractivity (Wildman–Crippen MR) is 112 cm³/mol. The molecule has 10 heteroatoms. The summed E-state index contributed by atoms with van der Waals surface area (Å²) in [6.07, 6.45) is 10.6. The standard InChI is InChI=1S/C20H36N2O6S.Na/c1-2-3-4-5-6-7-8-9-10-11-19(25)20-21-12-13-22(20,14-15-23)16-18(24)17-29(26,27)28;/h2-3,18,23-24H,4-17H2,1H3;/q;+1/b3-2+;. The van der Waals surface area contributed by atoms with E-state index in [0.29, 0.717) is 19.5 Å². The quantitative estimate of drug-likeness (QED) is 0.0947. The van der Waals surface area contributed by atoms with Crippen molar-refractivity contribution >= 4 is 21.7 Å². The average Bonchev–Trinajstić information content (AvgIpc) is 3.01. The van der Waals surface area contributed by atoms with Gasteiger partial charge in [-0.1, -0.05) is 37.8 Å². The smallest absolute Gasteiger partial charge is 0.748 e. The fraction of sp³-hybridized carbons (Fsp3) is 0.800. The van der Waals surface area contributed by atoms with Crippen LogP contribution < -0.4 is 29.6 Å². The van der Waals surface area contributed by atoms with Crippen LogP contribution in [0.2, 0.25) is 0 Å². The van der Waals surface area contributed by atoms with Crippen molar-refractivity contribution in [2.45, 2.75) is 64.4 Å². The Morgan fingerprint density at radius 1 is 1.23 bits per heavy atom. The summed E-state index contributed by atoms with van der Waals surface area (Å²) in [7, 11) is -4.58. The van der Waals surface area contributed by atoms with Crippen molar-refractivity contribution in [1.82, 2.24) is 0 Å². The molecule has 1 heterocycles. The van der Waals surface area contributed by atoms with E-state index >= 15 is 0 Å². The van der Waals surface area contributed by atoms with Crippen LogP contribution in [0.1, 0.15) is 58.3 Å². The van der Waals surface area contributed by atoms with E-state index < -0.39 is 22.0 Å². The van der Waals surface area contributed by atoms with E-state index in [0.717, 1.165) is 32.1 Å². The molecule has 2 atom stereocenters. The number of carbonyl (C=O) groups is 1. The minimum absolute atomic E-state index is 0. The van der Waals surface area contributed by atoms with E-state index in [1.165, 1.54) is 12.8 Å². The van der Waals surface area contributed by atoms with Gasteiger partial charge in [0, 0.05) is 6.42 Å². The molecule has 0 spiro atoms. The van der Waals surface area contributed by atoms with Gasteiger partial charge in [0.1, 0.15) is 25.7 Å². The number of quaternary nitrogens is 1. The molecular weight excluding hydrogens is 419 g/mol. The van der Waals surface area contributed by atoms with Gasteiger partial charge in [0.15, 0.2) is 0 Å². The van der Waals surface area contributed by atoms with E-state index in [1.54, 1.807) is 0 Å². The molecule has 0 saturated carbocycles. The maximum absolute atomic E-state index is 12.7. The molecule has 1 rings (SSSR count). The number of nitrogens with zero attached hydrogens (tertiary/aromatic N) is 2. The summed E-state index contributed by atoms with van der Waals surface area (Å²) in [5, 5.41) is 19.5. The monoisotopic (exact) mass is 455 g/mol. The number of allylic oxidation sites excluding steroid dienone is 2. The SMILES string of the molecule is C/C=C/CCCCCCCCC(=O)C1=NCC[N+]1(CCO)CC(O)CS(=O)(=O)[O-].[Na+]. The topological polar surface area (TPSA) is 127 Å². The molecule has 8 nitrogen and oxygen atoms in total. The minimum atomic E-state index is -4.58. The van der Waals surface area contributed by atoms with Crippen LogP contribution in [0.4, 0.5) is 0 Å². The Labute approximate surface area is 203 Å². The van der Waals surface area contributed by atoms with Crippen LogP contribution in [0.3, 0.4) is 0 Å². The first kappa shape index (κ1) is 29.9. The fourth-order valence-electron chi connectivity index (χ4n) is 3.86. The molecule has 0 bridgehead atoms. The average molecular weight is 456 g/mol. The van der Waals surface area contributed by atoms with Crippen molar-refractivity contribution in [3.63, 3.8) is 0 Å². The Bertz CT molecular complexity index is 668. The third kappa shape index (κ3) is 11.5. The summed E-state index contributed by atoms with van der Waals surface area (Å²) in [5.41, 5.74) is 0. The van der Waals surface area contributed by atoms with Crippen LogP contribution in [0.5, 0.6) is 0 Å². The zero-order valence-electron chi connectivity index (χ0n) is 18.5. The Morgan fingerprint density at radius 2 is 1.87 bits per heavy atom. The van der Waals surface area contributed by atoms with Gasteiger partial charge >= 0.3 is 29.6 Å². The first-order valence-electron chi connectivity index (χ1n) is 10.5. The third-order valence-corrected chi connectivity index (χ3v) is 6.03. The van der Waals surface area contributed by atoms with Gasteiger partial charge in [-0.15, -0.1) is 0 Å². The van der Waals surface area contributed by atoms with Crippen molar-refractivity contribution in [3.05, 3.63) is 12.2 Å². The molecule has 1 aliphatic heterocycles. The maximum Gasteiger partial charge on any atom is 1.00 e. The summed E-state index contributed by atoms with van der Waals surface area (Å²) in [4.78, 5) is 17.0. The van der Waals surface area contributed by atoms with Gasteiger partial charge in [0.2, 0.25) is 5.78 Å². The van der Waals surface area contributed by atoms with Crippen LogP contribution in [0, 0.1) is 0 Å². The van der Waals surface area contributed by atoms with E-state index in [-0.39, 0.29) is 65.4 Å². The first-order valence-corrected chi connectivity index (χ1v) is 12.1. The zero-order chi connectivity index (χ0) is 21.8. The van der Waals surface area contributed by atoms with Gasteiger partial charge in [-0.3, -0.25) is 9.28 Å². The van der Waals surface area contributed by atoms with Crippen molar-refractivity contribution in [3.8, 4) is 0 Å². The van der Waals surface area contributed by atoms with Crippen molar-refractivity contribution in [2.75, 3.05) is 38.5 Å². The van der Waals surface area contributed by atoms with E-state index in [4.69, 9.17) is 0 Å². The molecule has 1 aliphatic rings. The Hall–Kier alpha value is -0.130. The number of ketones is 1. The number of rotatable bonds is 16. The largest absolute Gasteiger partial charge is 1.00 e. The summed E-state index contributed by atoms with van der Waals surface area (Å²) in [6.45, 7) is 2.63. The van der Waals surface area contributed by atoms with Gasteiger partial charge in [-0.05, 0) is 26.2 Å². The molecule has 2 unspecified atom stereocenters. The second-order valence-corrected chi connectivity index (χ2v) is 9.18. The number of hydrogen-bond acceptors (Lipinski definition) is 7. The molecule has 0 radical (unpaired) electrons. The zero-order valence-corrected chi connectivity index (χ0v) is 21.3. The first-order chi connectivity index (χ1) is 13.7. The van der Waals surface area contributed by atoms with Crippen LogP contribution >= 0.6 is 0 Å². The second kappa shape index (κ2) is 15.6. The number of Topliss-reactive ketones (excluding diaryl/α,β-unsaturated/α-hetero) is 1. The Morgan fingerprint density at radius 3 is 2.47 bits per heavy atom. The van der Waals surface area contributed by atoms with Gasteiger partial charge in [-0.25, -0.2) is 13.4 Å². The van der Waals surface area contributed by atoms with Crippen LogP contribution in [0.25, 0.3) is 0 Å². The van der Waals surface area contributed by atoms with Gasteiger partial charge in [-0.2, -0.15) is 0 Å². The summed E-state index contributed by atoms with van der Waals surface area (Å²) in [6, 6.07) is 0. The Balaban J connectivity index is 0.00000841. The van der Waals surface area contributed by atoms with Crippen LogP contribution in [-0.4, -0.2) is 83.9 Å². The molecule has 0 fully saturated rings. The number of carbonyl (C=O) groups excluding carboxylic acids is 1. The molecule has 0 saturated heterocycles. The molecule has 0 aromatic carbocycles. The van der Waals surface area contributed by atoms with Crippen molar-refractivity contribution in [2.24, 2.45) is 4.99 Å². The second-order valence-electron chi connectivity index (χ2n) is 7.73. The van der Waals surface area contributed by atoms with Gasteiger partial charge in [0.05, 0.1) is 29.0 Å². The minimum Gasteiger partial charge on any atom is -0.748 e. The predicted octanol–water partition coefficient (Wildman–Crippen LogP) is -1.62. The number of aliphatic hydroxyl groups excluding tert-OH is 2. The fourth-order valence-corrected chi connectivity index (χ4v) is 4.44. The van der Waals surface area contributed by atoms with Crippen molar-refractivity contribution < 1.29 is 62.0 Å². The normalized spacial score (nSPS) is 20.2. The van der Waals surface area contributed by atoms with E-state index in [9.17, 15) is 28.0 Å². The molecule has 0 amide bonds. The third-order valence-electron chi connectivity index (χ3n) is 5.23. The molecule has 0 aromatic heterocycles. The van der Waals surface area contributed by atoms with Crippen molar-refractivity contribution in [1.29, 1.82) is 0 Å². The van der Waals surface area contributed by atoms with Gasteiger partial charge < -0.3 is 14.8 Å². The molecule has 168 valence electrons. The van der Waals surface area contributed by atoms with Crippen LogP contribution in [0.15, 0.2) is 17.1 Å². The number of aliphatic imine (C=N–C) groups is 1. The molecular formula is C20H36N2NaO6S+. The molecule has 0 aliphatic carbocycles. The Kier molecular flexibility index (Phi) is 15.6. The molecule has 0 aromatic rings. The molecule has 30 heavy (non-hydrogen) atoms. The summed E-state index contributed by atoms with van der Waals surface area (Å²) >= 11 is 0. The number of hydrogen-bond donors (Lipinski definition) is 2. The van der Waals surface area contributed by atoms with Crippen LogP contribution in [-0.2, 0) is 14.9 Å². The van der Waals surface area contributed by atoms with E-state index in [2.05, 4.69) is 17.1 Å². The number of unbranched alkanes of at least 4 members (excludes halogenated alkanes) is 6. The maximum atomic E-state index is 12.7. The summed E-state index contributed by atoms with van der Waals surface area (Å²) < 4.78 is 32.7. The number of aliphatic hydroxyl groups is 2. The molecule has 2 N–H and O–H groups in total. The summed E-state index contributed by atoms with van der Waals surface area (Å²) in [5.74, 6) is -0.748. The van der Waals surface area contributed by atoms with Gasteiger partial charge in [0.25, 0.3) is 5.84 Å².